The van der Waals surface area contributed by atoms with Gasteiger partial charge in [0.2, 0.25) is 0 Å². The fraction of sp³-hybridized carbons (Fsp3) is 0.867. The van der Waals surface area contributed by atoms with Gasteiger partial charge in [-0.2, -0.15) is 0 Å². The fourth-order valence-electron chi connectivity index (χ4n) is 2.74. The smallest absolute Gasteiger partial charge is 0.326 e. The standard InChI is InChI=1S/C15H28N2O3/c1-4-6-12-7-9-17(10-8-12)15(20)16-13(14(18)19)11(3)5-2/h11-13H,4-10H2,1-3H3,(H,16,20)(H,18,19). The summed E-state index contributed by atoms with van der Waals surface area (Å²) < 4.78 is 0. The second-order valence-electron chi connectivity index (χ2n) is 5.87. The number of piperidine rings is 1. The molecule has 0 saturated carbocycles. The molecule has 1 rings (SSSR count). The third-order valence-electron chi connectivity index (χ3n) is 4.36. The molecule has 2 unspecified atom stereocenters. The zero-order valence-electron chi connectivity index (χ0n) is 12.9. The Balaban J connectivity index is 2.48. The molecule has 0 aliphatic carbocycles. The van der Waals surface area contributed by atoms with Crippen molar-refractivity contribution in [2.45, 2.75) is 58.9 Å². The largest absolute Gasteiger partial charge is 0.480 e. The number of hydrogen-bond donors (Lipinski definition) is 2. The van der Waals surface area contributed by atoms with E-state index < -0.39 is 12.0 Å². The number of nitrogens with one attached hydrogen (secondary N) is 1. The second kappa shape index (κ2) is 8.12. The zero-order chi connectivity index (χ0) is 15.1. The van der Waals surface area contributed by atoms with Crippen molar-refractivity contribution >= 4 is 12.0 Å². The third-order valence-corrected chi connectivity index (χ3v) is 4.36. The highest BCUT2D eigenvalue weighted by molar-refractivity contribution is 5.82. The van der Waals surface area contributed by atoms with Gasteiger partial charge < -0.3 is 15.3 Å². The maximum absolute atomic E-state index is 12.1. The van der Waals surface area contributed by atoms with Gasteiger partial charge in [-0.05, 0) is 24.7 Å². The Kier molecular flexibility index (Phi) is 6.82. The lowest BCUT2D eigenvalue weighted by Crippen LogP contribution is -2.52. The van der Waals surface area contributed by atoms with Crippen molar-refractivity contribution in [3.05, 3.63) is 0 Å². The highest BCUT2D eigenvalue weighted by atomic mass is 16.4. The van der Waals surface area contributed by atoms with Crippen molar-refractivity contribution in [3.8, 4) is 0 Å². The van der Waals surface area contributed by atoms with E-state index in [0.717, 1.165) is 32.4 Å². The monoisotopic (exact) mass is 284 g/mol. The van der Waals surface area contributed by atoms with Crippen LogP contribution in [0.4, 0.5) is 4.79 Å². The number of likely N-dealkylation sites (tertiary alicyclic amines) is 1. The molecule has 1 fully saturated rings. The van der Waals surface area contributed by atoms with Crippen LogP contribution in [-0.2, 0) is 4.79 Å². The van der Waals surface area contributed by atoms with E-state index in [1.807, 2.05) is 13.8 Å². The van der Waals surface area contributed by atoms with Crippen LogP contribution in [0.1, 0.15) is 52.9 Å². The van der Waals surface area contributed by atoms with Gasteiger partial charge in [0.1, 0.15) is 6.04 Å². The first-order valence-electron chi connectivity index (χ1n) is 7.77. The molecule has 0 aromatic carbocycles. The summed E-state index contributed by atoms with van der Waals surface area (Å²) >= 11 is 0. The van der Waals surface area contributed by atoms with E-state index in [1.165, 1.54) is 12.8 Å². The summed E-state index contributed by atoms with van der Waals surface area (Å²) in [6.45, 7) is 7.45. The number of hydrogen-bond acceptors (Lipinski definition) is 2. The normalized spacial score (nSPS) is 19.4. The number of nitrogens with zero attached hydrogens (tertiary/aromatic N) is 1. The van der Waals surface area contributed by atoms with Crippen LogP contribution in [-0.4, -0.2) is 41.1 Å². The van der Waals surface area contributed by atoms with Gasteiger partial charge in [0.25, 0.3) is 0 Å². The summed E-state index contributed by atoms with van der Waals surface area (Å²) in [6, 6.07) is -1.02. The van der Waals surface area contributed by atoms with E-state index in [0.29, 0.717) is 5.92 Å². The van der Waals surface area contributed by atoms with E-state index in [9.17, 15) is 14.7 Å². The Morgan fingerprint density at radius 2 is 1.90 bits per heavy atom. The van der Waals surface area contributed by atoms with Crippen molar-refractivity contribution in [1.82, 2.24) is 10.2 Å². The molecule has 0 spiro atoms. The van der Waals surface area contributed by atoms with Gasteiger partial charge in [-0.3, -0.25) is 0 Å². The molecule has 2 amide bonds. The molecule has 0 aromatic heterocycles. The highest BCUT2D eigenvalue weighted by Crippen LogP contribution is 2.21. The van der Waals surface area contributed by atoms with Gasteiger partial charge in [0.05, 0.1) is 0 Å². The van der Waals surface area contributed by atoms with E-state index in [1.54, 1.807) is 4.90 Å². The SMILES string of the molecule is CCCC1CCN(C(=O)NC(C(=O)O)C(C)CC)CC1. The van der Waals surface area contributed by atoms with Crippen LogP contribution in [0.2, 0.25) is 0 Å². The van der Waals surface area contributed by atoms with Crippen molar-refractivity contribution in [2.24, 2.45) is 11.8 Å². The lowest BCUT2D eigenvalue weighted by molar-refractivity contribution is -0.140. The van der Waals surface area contributed by atoms with Crippen LogP contribution in [0, 0.1) is 11.8 Å². The first-order valence-corrected chi connectivity index (χ1v) is 7.77. The molecular weight excluding hydrogens is 256 g/mol. The van der Waals surface area contributed by atoms with Crippen molar-refractivity contribution in [2.75, 3.05) is 13.1 Å². The predicted molar refractivity (Wildman–Crippen MR) is 78.6 cm³/mol. The first-order chi connectivity index (χ1) is 9.49. The number of carbonyl (C=O) groups is 2. The molecule has 1 aliphatic rings. The Morgan fingerprint density at radius 1 is 1.30 bits per heavy atom. The van der Waals surface area contributed by atoms with Gasteiger partial charge in [-0.25, -0.2) is 9.59 Å². The van der Waals surface area contributed by atoms with Gasteiger partial charge in [-0.1, -0.05) is 40.0 Å². The summed E-state index contributed by atoms with van der Waals surface area (Å²) in [6.07, 6.45) is 5.20. The molecule has 5 heteroatoms. The van der Waals surface area contributed by atoms with Gasteiger partial charge in [0, 0.05) is 13.1 Å². The summed E-state index contributed by atoms with van der Waals surface area (Å²) in [7, 11) is 0. The fourth-order valence-corrected chi connectivity index (χ4v) is 2.74. The third kappa shape index (κ3) is 4.69. The van der Waals surface area contributed by atoms with Crippen molar-refractivity contribution < 1.29 is 14.7 Å². The minimum atomic E-state index is -0.950. The number of amides is 2. The van der Waals surface area contributed by atoms with Crippen LogP contribution < -0.4 is 5.32 Å². The molecule has 116 valence electrons. The topological polar surface area (TPSA) is 69.6 Å². The zero-order valence-corrected chi connectivity index (χ0v) is 12.9. The summed E-state index contributed by atoms with van der Waals surface area (Å²) in [5.41, 5.74) is 0. The van der Waals surface area contributed by atoms with Crippen molar-refractivity contribution in [3.63, 3.8) is 0 Å². The molecule has 0 aromatic rings. The van der Waals surface area contributed by atoms with Crippen LogP contribution in [0.25, 0.3) is 0 Å². The van der Waals surface area contributed by atoms with Crippen LogP contribution in [0.5, 0.6) is 0 Å². The minimum Gasteiger partial charge on any atom is -0.480 e. The Morgan fingerprint density at radius 3 is 2.35 bits per heavy atom. The average molecular weight is 284 g/mol. The van der Waals surface area contributed by atoms with Crippen LogP contribution >= 0.6 is 0 Å². The number of carboxylic acids is 1. The lowest BCUT2D eigenvalue weighted by Gasteiger charge is -2.33. The van der Waals surface area contributed by atoms with E-state index in [-0.39, 0.29) is 11.9 Å². The predicted octanol–water partition coefficient (Wildman–Crippen LogP) is 2.71. The van der Waals surface area contributed by atoms with Crippen molar-refractivity contribution in [1.29, 1.82) is 0 Å². The van der Waals surface area contributed by atoms with Crippen LogP contribution in [0.15, 0.2) is 0 Å². The Bertz CT molecular complexity index is 325. The molecule has 1 heterocycles. The second-order valence-corrected chi connectivity index (χ2v) is 5.87. The highest BCUT2D eigenvalue weighted by Gasteiger charge is 2.29. The molecule has 5 nitrogen and oxygen atoms in total. The van der Waals surface area contributed by atoms with Gasteiger partial charge >= 0.3 is 12.0 Å². The minimum absolute atomic E-state index is 0.0610. The average Bonchev–Trinajstić information content (AvgIpc) is 2.44. The molecule has 0 bridgehead atoms. The molecule has 0 radical (unpaired) electrons. The number of urea groups is 1. The van der Waals surface area contributed by atoms with Gasteiger partial charge in [0.15, 0.2) is 0 Å². The maximum Gasteiger partial charge on any atom is 0.326 e. The Labute approximate surface area is 121 Å². The quantitative estimate of drug-likeness (QED) is 0.788. The van der Waals surface area contributed by atoms with Gasteiger partial charge in [-0.15, -0.1) is 0 Å². The summed E-state index contributed by atoms with van der Waals surface area (Å²) in [5.74, 6) is -0.295. The van der Waals surface area contributed by atoms with E-state index in [2.05, 4.69) is 12.2 Å². The summed E-state index contributed by atoms with van der Waals surface area (Å²) in [5, 5.41) is 11.9. The molecule has 2 N–H and O–H groups in total. The number of rotatable bonds is 6. The first kappa shape index (κ1) is 16.8. The molecule has 2 atom stereocenters. The molecule has 20 heavy (non-hydrogen) atoms. The summed E-state index contributed by atoms with van der Waals surface area (Å²) in [4.78, 5) is 25.1. The number of carboxylic acid groups (broad SMARTS) is 1. The van der Waals surface area contributed by atoms with Crippen LogP contribution in [0.3, 0.4) is 0 Å². The molecule has 1 aliphatic heterocycles. The lowest BCUT2D eigenvalue weighted by atomic mass is 9.92. The Hall–Kier alpha value is -1.26. The molecular formula is C15H28N2O3. The maximum atomic E-state index is 12.1. The number of carbonyl (C=O) groups excluding carboxylic acids is 1. The van der Waals surface area contributed by atoms with E-state index >= 15 is 0 Å². The van der Waals surface area contributed by atoms with E-state index in [4.69, 9.17) is 0 Å². The molecule has 1 saturated heterocycles. The number of aliphatic carboxylic acids is 1.